The average Bonchev–Trinajstić information content (AvgIpc) is 3.23. The molecule has 2 aliphatic rings. The Hall–Kier alpha value is -3.43. The Morgan fingerprint density at radius 3 is 2.61 bits per heavy atom. The number of nitrogens with one attached hydrogen (secondary N) is 1. The van der Waals surface area contributed by atoms with Gasteiger partial charge >= 0.3 is 0 Å². The van der Waals surface area contributed by atoms with Crippen LogP contribution in [0.2, 0.25) is 0 Å². The SMILES string of the molecule is N#Cc1ccc(Cn2cncc2CN2CCC3(CC2)Cc2ccccc2NC3=O)cc1. The number of hydrogen-bond donors (Lipinski definition) is 1. The number of likely N-dealkylation sites (tertiary alicyclic amines) is 1. The molecule has 1 aromatic heterocycles. The van der Waals surface area contributed by atoms with Crippen LogP contribution in [0.4, 0.5) is 5.69 Å². The second kappa shape index (κ2) is 8.01. The molecule has 1 amide bonds. The first-order valence-corrected chi connectivity index (χ1v) is 10.7. The van der Waals surface area contributed by atoms with Gasteiger partial charge in [0.2, 0.25) is 5.91 Å². The standard InChI is InChI=1S/C25H25N5O/c26-14-19-5-7-20(8-6-19)16-30-18-27-15-22(30)17-29-11-9-25(10-12-29)13-21-3-1-2-4-23(21)28-24(25)31/h1-8,15,18H,9-13,16-17H2,(H,28,31). The van der Waals surface area contributed by atoms with E-state index in [2.05, 4.69) is 31.9 Å². The quantitative estimate of drug-likeness (QED) is 0.712. The summed E-state index contributed by atoms with van der Waals surface area (Å²) in [6.45, 7) is 3.36. The van der Waals surface area contributed by atoms with Crippen LogP contribution in [0.3, 0.4) is 0 Å². The maximum atomic E-state index is 12.9. The third-order valence-electron chi connectivity index (χ3n) is 6.71. The monoisotopic (exact) mass is 411 g/mol. The predicted molar refractivity (Wildman–Crippen MR) is 118 cm³/mol. The number of amides is 1. The van der Waals surface area contributed by atoms with E-state index in [1.54, 1.807) is 0 Å². The number of aromatic nitrogens is 2. The normalized spacial score (nSPS) is 17.7. The van der Waals surface area contributed by atoms with E-state index in [0.717, 1.165) is 56.7 Å². The molecule has 6 nitrogen and oxygen atoms in total. The van der Waals surface area contributed by atoms with Gasteiger partial charge in [-0.05, 0) is 61.7 Å². The number of para-hydroxylation sites is 1. The van der Waals surface area contributed by atoms with Crippen LogP contribution in [0.15, 0.2) is 61.1 Å². The summed E-state index contributed by atoms with van der Waals surface area (Å²) in [7, 11) is 0. The molecule has 1 fully saturated rings. The Morgan fingerprint density at radius 1 is 1.06 bits per heavy atom. The minimum absolute atomic E-state index is 0.178. The summed E-state index contributed by atoms with van der Waals surface area (Å²) in [6.07, 6.45) is 6.37. The van der Waals surface area contributed by atoms with Crippen LogP contribution in [0.25, 0.3) is 0 Å². The molecule has 3 heterocycles. The van der Waals surface area contributed by atoms with E-state index in [1.165, 1.54) is 11.3 Å². The lowest BCUT2D eigenvalue weighted by Crippen LogP contribution is -2.49. The summed E-state index contributed by atoms with van der Waals surface area (Å²) in [5.74, 6) is 0.178. The van der Waals surface area contributed by atoms with Crippen molar-refractivity contribution >= 4 is 11.6 Å². The molecule has 1 spiro atoms. The van der Waals surface area contributed by atoms with Crippen molar-refractivity contribution in [3.05, 3.63) is 83.4 Å². The number of carbonyl (C=O) groups excluding carboxylic acids is 1. The third-order valence-corrected chi connectivity index (χ3v) is 6.71. The maximum absolute atomic E-state index is 12.9. The lowest BCUT2D eigenvalue weighted by molar-refractivity contribution is -0.129. The van der Waals surface area contributed by atoms with Crippen molar-refractivity contribution in [1.29, 1.82) is 5.26 Å². The van der Waals surface area contributed by atoms with Gasteiger partial charge in [-0.3, -0.25) is 9.69 Å². The lowest BCUT2D eigenvalue weighted by atomic mass is 9.71. The van der Waals surface area contributed by atoms with Gasteiger partial charge in [-0.15, -0.1) is 0 Å². The van der Waals surface area contributed by atoms with Gasteiger partial charge in [0.25, 0.3) is 0 Å². The molecule has 0 saturated carbocycles. The second-order valence-corrected chi connectivity index (χ2v) is 8.67. The number of anilines is 1. The molecule has 156 valence electrons. The summed E-state index contributed by atoms with van der Waals surface area (Å²) in [5.41, 5.74) is 4.91. The van der Waals surface area contributed by atoms with E-state index in [9.17, 15) is 4.79 Å². The number of nitriles is 1. The van der Waals surface area contributed by atoms with Gasteiger partial charge in [-0.25, -0.2) is 4.98 Å². The molecule has 2 aliphatic heterocycles. The highest BCUT2D eigenvalue weighted by Gasteiger charge is 2.44. The molecule has 1 N–H and O–H groups in total. The number of benzene rings is 2. The smallest absolute Gasteiger partial charge is 0.231 e. The summed E-state index contributed by atoms with van der Waals surface area (Å²) < 4.78 is 2.16. The Labute approximate surface area is 182 Å². The van der Waals surface area contributed by atoms with Gasteiger partial charge in [-0.2, -0.15) is 5.26 Å². The molecule has 0 bridgehead atoms. The molecule has 31 heavy (non-hydrogen) atoms. The molecule has 0 unspecified atom stereocenters. The van der Waals surface area contributed by atoms with Crippen molar-refractivity contribution in [3.63, 3.8) is 0 Å². The second-order valence-electron chi connectivity index (χ2n) is 8.67. The fraction of sp³-hybridized carbons (Fsp3) is 0.320. The van der Waals surface area contributed by atoms with Crippen molar-refractivity contribution in [3.8, 4) is 6.07 Å². The summed E-state index contributed by atoms with van der Waals surface area (Å²) in [5, 5.41) is 12.1. The first-order chi connectivity index (χ1) is 15.1. The molecule has 2 aromatic carbocycles. The molecule has 0 aliphatic carbocycles. The Morgan fingerprint density at radius 2 is 1.84 bits per heavy atom. The van der Waals surface area contributed by atoms with Crippen LogP contribution in [0.1, 0.15) is 35.2 Å². The number of nitrogens with zero attached hydrogens (tertiary/aromatic N) is 4. The highest BCUT2D eigenvalue weighted by molar-refractivity contribution is 5.98. The van der Waals surface area contributed by atoms with Crippen molar-refractivity contribution in [1.82, 2.24) is 14.5 Å². The molecular formula is C25H25N5O. The molecular weight excluding hydrogens is 386 g/mol. The summed E-state index contributed by atoms with van der Waals surface area (Å²) >= 11 is 0. The average molecular weight is 412 g/mol. The van der Waals surface area contributed by atoms with Crippen molar-refractivity contribution in [2.24, 2.45) is 5.41 Å². The molecule has 0 radical (unpaired) electrons. The van der Waals surface area contributed by atoms with E-state index in [1.807, 2.05) is 55.0 Å². The van der Waals surface area contributed by atoms with E-state index in [0.29, 0.717) is 5.56 Å². The van der Waals surface area contributed by atoms with Gasteiger partial charge in [0, 0.05) is 25.0 Å². The number of hydrogen-bond acceptors (Lipinski definition) is 4. The molecule has 6 heteroatoms. The maximum Gasteiger partial charge on any atom is 0.231 e. The number of carbonyl (C=O) groups is 1. The zero-order chi connectivity index (χ0) is 21.3. The lowest BCUT2D eigenvalue weighted by Gasteiger charge is -2.43. The number of imidazole rings is 1. The van der Waals surface area contributed by atoms with Gasteiger partial charge in [-0.1, -0.05) is 30.3 Å². The van der Waals surface area contributed by atoms with Crippen molar-refractivity contribution in [2.75, 3.05) is 18.4 Å². The van der Waals surface area contributed by atoms with Crippen molar-refractivity contribution < 1.29 is 4.79 Å². The van der Waals surface area contributed by atoms with Gasteiger partial charge in [0.1, 0.15) is 0 Å². The van der Waals surface area contributed by atoms with E-state index in [4.69, 9.17) is 5.26 Å². The van der Waals surface area contributed by atoms with Crippen LogP contribution in [-0.2, 0) is 24.3 Å². The minimum atomic E-state index is -0.284. The van der Waals surface area contributed by atoms with E-state index >= 15 is 0 Å². The number of fused-ring (bicyclic) bond motifs is 1. The highest BCUT2D eigenvalue weighted by Crippen LogP contribution is 2.41. The van der Waals surface area contributed by atoms with Gasteiger partial charge in [0.15, 0.2) is 0 Å². The minimum Gasteiger partial charge on any atom is -0.329 e. The van der Waals surface area contributed by atoms with E-state index < -0.39 is 0 Å². The third kappa shape index (κ3) is 3.85. The largest absolute Gasteiger partial charge is 0.329 e. The molecule has 3 aromatic rings. The Balaban J connectivity index is 1.23. The topological polar surface area (TPSA) is 74.0 Å². The highest BCUT2D eigenvalue weighted by atomic mass is 16.2. The van der Waals surface area contributed by atoms with Crippen molar-refractivity contribution in [2.45, 2.75) is 32.4 Å². The van der Waals surface area contributed by atoms with Crippen LogP contribution in [0.5, 0.6) is 0 Å². The molecule has 0 atom stereocenters. The Bertz CT molecular complexity index is 1130. The summed E-state index contributed by atoms with van der Waals surface area (Å²) in [6, 6.07) is 18.0. The van der Waals surface area contributed by atoms with Gasteiger partial charge in [0.05, 0.1) is 29.1 Å². The first-order valence-electron chi connectivity index (χ1n) is 10.7. The predicted octanol–water partition coefficient (Wildman–Crippen LogP) is 3.58. The number of piperidine rings is 1. The number of rotatable bonds is 4. The molecule has 1 saturated heterocycles. The van der Waals surface area contributed by atoms with Crippen LogP contribution < -0.4 is 5.32 Å². The van der Waals surface area contributed by atoms with Crippen LogP contribution in [0, 0.1) is 16.7 Å². The molecule has 5 rings (SSSR count). The zero-order valence-electron chi connectivity index (χ0n) is 17.4. The van der Waals surface area contributed by atoms with Crippen LogP contribution in [-0.4, -0.2) is 33.4 Å². The fourth-order valence-corrected chi connectivity index (χ4v) is 4.77. The van der Waals surface area contributed by atoms with Gasteiger partial charge < -0.3 is 9.88 Å². The zero-order valence-corrected chi connectivity index (χ0v) is 17.4. The van der Waals surface area contributed by atoms with Crippen LogP contribution >= 0.6 is 0 Å². The Kier molecular flexibility index (Phi) is 5.05. The van der Waals surface area contributed by atoms with E-state index in [-0.39, 0.29) is 11.3 Å². The fourth-order valence-electron chi connectivity index (χ4n) is 4.77. The first kappa shape index (κ1) is 19.5. The summed E-state index contributed by atoms with van der Waals surface area (Å²) in [4.78, 5) is 19.7.